The molecule has 32 heavy (non-hydrogen) atoms. The number of rotatable bonds is 5. The molecule has 0 radical (unpaired) electrons. The lowest BCUT2D eigenvalue weighted by molar-refractivity contribution is -0.261. The van der Waals surface area contributed by atoms with Gasteiger partial charge in [0.1, 0.15) is 11.8 Å². The smallest absolute Gasteiger partial charge is 0.417 e. The van der Waals surface area contributed by atoms with E-state index in [4.69, 9.17) is 15.2 Å². The van der Waals surface area contributed by atoms with Gasteiger partial charge in [-0.25, -0.2) is 4.39 Å². The Bertz CT molecular complexity index is 1060. The summed E-state index contributed by atoms with van der Waals surface area (Å²) in [5, 5.41) is 2.34. The molecule has 0 bridgehead atoms. The predicted molar refractivity (Wildman–Crippen MR) is 101 cm³/mol. The number of amides is 2. The van der Waals surface area contributed by atoms with Gasteiger partial charge < -0.3 is 20.5 Å². The minimum absolute atomic E-state index is 0.0269. The number of benzene rings is 1. The molecule has 1 saturated heterocycles. The van der Waals surface area contributed by atoms with Crippen molar-refractivity contribution in [1.29, 1.82) is 0 Å². The molecule has 3 rings (SSSR count). The first-order valence-electron chi connectivity index (χ1n) is 9.21. The molecule has 0 aliphatic carbocycles. The molecule has 0 spiro atoms. The monoisotopic (exact) mass is 459 g/mol. The van der Waals surface area contributed by atoms with Crippen LogP contribution < -0.4 is 15.8 Å². The highest BCUT2D eigenvalue weighted by atomic mass is 19.4. The van der Waals surface area contributed by atoms with E-state index in [2.05, 4.69) is 10.3 Å². The first-order chi connectivity index (χ1) is 14.9. The fourth-order valence-corrected chi connectivity index (χ4v) is 3.53. The van der Waals surface area contributed by atoms with E-state index in [1.54, 1.807) is 0 Å². The normalized spacial score (nSPS) is 23.1. The van der Waals surface area contributed by atoms with Crippen molar-refractivity contribution < 1.29 is 41.0 Å². The van der Waals surface area contributed by atoms with Gasteiger partial charge in [0, 0.05) is 23.4 Å². The Hall–Kier alpha value is -3.28. The van der Waals surface area contributed by atoms with E-state index in [1.807, 2.05) is 0 Å². The van der Waals surface area contributed by atoms with E-state index in [-0.39, 0.29) is 16.9 Å². The summed E-state index contributed by atoms with van der Waals surface area (Å²) in [6, 6.07) is 4.19. The second-order valence-electron chi connectivity index (χ2n) is 7.34. The van der Waals surface area contributed by atoms with Crippen LogP contribution in [0, 0.1) is 11.6 Å². The quantitative estimate of drug-likeness (QED) is 0.668. The van der Waals surface area contributed by atoms with Crippen molar-refractivity contribution in [3.63, 3.8) is 0 Å². The zero-order valence-electron chi connectivity index (χ0n) is 16.8. The Morgan fingerprint density at radius 2 is 1.97 bits per heavy atom. The molecule has 172 valence electrons. The lowest BCUT2D eigenvalue weighted by atomic mass is 9.85. The van der Waals surface area contributed by atoms with Crippen molar-refractivity contribution >= 4 is 17.5 Å². The van der Waals surface area contributed by atoms with Gasteiger partial charge in [-0.15, -0.1) is 0 Å². The van der Waals surface area contributed by atoms with Gasteiger partial charge in [0.15, 0.2) is 17.2 Å². The number of halogens is 5. The summed E-state index contributed by atoms with van der Waals surface area (Å²) in [5.74, 6) is -6.50. The average molecular weight is 459 g/mol. The molecule has 1 aromatic carbocycles. The molecular formula is C20H18F5N3O4. The third-order valence-corrected chi connectivity index (χ3v) is 5.18. The molecule has 0 saturated carbocycles. The molecule has 1 aliphatic rings. The molecule has 2 amide bonds. The van der Waals surface area contributed by atoms with Gasteiger partial charge in [0.25, 0.3) is 11.8 Å². The molecule has 2 aromatic rings. The van der Waals surface area contributed by atoms with Gasteiger partial charge in [-0.05, 0) is 31.5 Å². The molecular weight excluding hydrogens is 441 g/mol. The Balaban J connectivity index is 2.01. The largest absolute Gasteiger partial charge is 0.493 e. The van der Waals surface area contributed by atoms with Gasteiger partial charge in [-0.3, -0.25) is 14.6 Å². The summed E-state index contributed by atoms with van der Waals surface area (Å²) < 4.78 is 78.9. The van der Waals surface area contributed by atoms with E-state index in [9.17, 15) is 31.5 Å². The van der Waals surface area contributed by atoms with Gasteiger partial charge in [-0.1, -0.05) is 6.07 Å². The third-order valence-electron chi connectivity index (χ3n) is 5.18. The number of nitrogens with zero attached hydrogens (tertiary/aromatic N) is 1. The van der Waals surface area contributed by atoms with E-state index in [1.165, 1.54) is 12.3 Å². The summed E-state index contributed by atoms with van der Waals surface area (Å²) in [6.45, 7) is 0.761. The van der Waals surface area contributed by atoms with Crippen LogP contribution in [0.1, 0.15) is 35.3 Å². The highest BCUT2D eigenvalue weighted by Gasteiger charge is 2.61. The number of methoxy groups -OCH3 is 1. The maximum Gasteiger partial charge on any atom is 0.417 e. The fraction of sp³-hybridized carbons (Fsp3) is 0.350. The summed E-state index contributed by atoms with van der Waals surface area (Å²) in [5.41, 5.74) is 2.07. The van der Waals surface area contributed by atoms with Crippen LogP contribution in [0.15, 0.2) is 30.5 Å². The van der Waals surface area contributed by atoms with Crippen LogP contribution in [-0.2, 0) is 9.53 Å². The average Bonchev–Trinajstić information content (AvgIpc) is 3.09. The number of carbonyl (C=O) groups excluding carboxylic acids is 2. The maximum absolute atomic E-state index is 14.2. The maximum atomic E-state index is 14.2. The Morgan fingerprint density at radius 1 is 1.28 bits per heavy atom. The van der Waals surface area contributed by atoms with Crippen molar-refractivity contribution in [1.82, 2.24) is 4.98 Å². The van der Waals surface area contributed by atoms with E-state index in [0.29, 0.717) is 0 Å². The number of carbonyl (C=O) groups is 2. The number of pyridine rings is 1. The summed E-state index contributed by atoms with van der Waals surface area (Å²) in [4.78, 5) is 27.9. The Morgan fingerprint density at radius 3 is 2.56 bits per heavy atom. The van der Waals surface area contributed by atoms with Crippen molar-refractivity contribution in [2.24, 2.45) is 5.73 Å². The van der Waals surface area contributed by atoms with E-state index in [0.717, 1.165) is 32.2 Å². The van der Waals surface area contributed by atoms with Crippen molar-refractivity contribution in [3.05, 3.63) is 53.4 Å². The van der Waals surface area contributed by atoms with Crippen molar-refractivity contribution in [2.75, 3.05) is 12.4 Å². The zero-order chi connectivity index (χ0) is 23.8. The number of aromatic nitrogens is 1. The van der Waals surface area contributed by atoms with Crippen molar-refractivity contribution in [2.45, 2.75) is 37.1 Å². The molecule has 1 aliphatic heterocycles. The van der Waals surface area contributed by atoms with Crippen LogP contribution in [0.2, 0.25) is 0 Å². The first kappa shape index (κ1) is 23.4. The second-order valence-corrected chi connectivity index (χ2v) is 7.34. The van der Waals surface area contributed by atoms with Gasteiger partial charge in [0.05, 0.1) is 7.11 Å². The minimum atomic E-state index is -4.86. The fourth-order valence-electron chi connectivity index (χ4n) is 3.53. The molecule has 7 nitrogen and oxygen atoms in total. The first-order valence-corrected chi connectivity index (χ1v) is 9.21. The lowest BCUT2D eigenvalue weighted by Gasteiger charge is -2.27. The van der Waals surface area contributed by atoms with E-state index >= 15 is 0 Å². The Labute approximate surface area is 178 Å². The summed E-state index contributed by atoms with van der Waals surface area (Å²) in [6.07, 6.45) is -6.19. The number of nitrogens with one attached hydrogen (secondary N) is 1. The molecule has 3 N–H and O–H groups in total. The Kier molecular flexibility index (Phi) is 6.09. The van der Waals surface area contributed by atoms with E-state index < -0.39 is 59.4 Å². The van der Waals surface area contributed by atoms with Crippen LogP contribution in [0.4, 0.5) is 27.6 Å². The molecule has 12 heteroatoms. The van der Waals surface area contributed by atoms with Crippen molar-refractivity contribution in [3.8, 4) is 5.75 Å². The van der Waals surface area contributed by atoms with Gasteiger partial charge >= 0.3 is 6.18 Å². The van der Waals surface area contributed by atoms with Crippen LogP contribution in [-0.4, -0.2) is 41.8 Å². The number of primary amides is 1. The lowest BCUT2D eigenvalue weighted by Crippen LogP contribution is -2.43. The van der Waals surface area contributed by atoms with Gasteiger partial charge in [-0.2, -0.15) is 17.6 Å². The number of hydrogen-bond acceptors (Lipinski definition) is 5. The number of anilines is 1. The summed E-state index contributed by atoms with van der Waals surface area (Å²) >= 11 is 0. The second kappa shape index (κ2) is 8.34. The molecule has 3 atom stereocenters. The van der Waals surface area contributed by atoms with Crippen LogP contribution >= 0.6 is 0 Å². The molecule has 1 fully saturated rings. The zero-order valence-corrected chi connectivity index (χ0v) is 16.8. The highest BCUT2D eigenvalue weighted by Crippen LogP contribution is 2.51. The highest BCUT2D eigenvalue weighted by molar-refractivity contribution is 5.97. The number of hydrogen-bond donors (Lipinski definition) is 2. The minimum Gasteiger partial charge on any atom is -0.493 e. The number of ether oxygens (including phenoxy) is 2. The predicted octanol–water partition coefficient (Wildman–Crippen LogP) is 3.30. The number of nitrogens with two attached hydrogens (primary N) is 1. The van der Waals surface area contributed by atoms with Crippen LogP contribution in [0.3, 0.4) is 0 Å². The van der Waals surface area contributed by atoms with Crippen LogP contribution in [0.25, 0.3) is 0 Å². The topological polar surface area (TPSA) is 104 Å². The molecule has 0 unspecified atom stereocenters. The standard InChI is InChI=1S/C20H18F5N3O4/c1-19(20(23,24)25)8-11(10-3-4-12(21)14(22)15(10)31-2)16(32-19)18(30)28-9-5-6-27-13(7-9)17(26)29/h3-7,11,16H,8H2,1-2H3,(H2,26,29)(H,27,28,30)/t11-,16-,19+/m1/s1. The molecule has 1 aromatic heterocycles. The van der Waals surface area contributed by atoms with Crippen LogP contribution in [0.5, 0.6) is 5.75 Å². The number of alkyl halides is 3. The SMILES string of the molecule is COc1c([C@H]2C[C@@](C)(C(F)(F)F)O[C@H]2C(=O)Nc2ccnc(C(N)=O)c2)ccc(F)c1F. The van der Waals surface area contributed by atoms with Gasteiger partial charge in [0.2, 0.25) is 5.82 Å². The third kappa shape index (κ3) is 4.22. The molecule has 2 heterocycles. The summed E-state index contributed by atoms with van der Waals surface area (Å²) in [7, 11) is 1.03.